The van der Waals surface area contributed by atoms with Gasteiger partial charge in [-0.2, -0.15) is 0 Å². The van der Waals surface area contributed by atoms with E-state index in [0.717, 1.165) is 32.5 Å². The third kappa shape index (κ3) is 5.91. The van der Waals surface area contributed by atoms with E-state index in [2.05, 4.69) is 31.0 Å². The van der Waals surface area contributed by atoms with Gasteiger partial charge in [-0.1, -0.05) is 20.8 Å². The lowest BCUT2D eigenvalue weighted by molar-refractivity contribution is -0.151. The fourth-order valence-electron chi connectivity index (χ4n) is 2.26. The Morgan fingerprint density at radius 1 is 1.32 bits per heavy atom. The molecule has 0 saturated heterocycles. The van der Waals surface area contributed by atoms with Crippen molar-refractivity contribution in [3.8, 4) is 0 Å². The van der Waals surface area contributed by atoms with E-state index in [0.29, 0.717) is 12.6 Å². The lowest BCUT2D eigenvalue weighted by Crippen LogP contribution is -2.52. The first-order chi connectivity index (χ1) is 8.95. The number of likely N-dealkylation sites (N-methyl/N-ethyl adjacent to an activating group) is 1. The van der Waals surface area contributed by atoms with Crippen LogP contribution in [0.15, 0.2) is 0 Å². The molecule has 0 amide bonds. The molecule has 0 aliphatic heterocycles. The molecule has 0 fully saturated rings. The Labute approximate surface area is 118 Å². The lowest BCUT2D eigenvalue weighted by atomic mass is 9.97. The molecule has 4 nitrogen and oxygen atoms in total. The van der Waals surface area contributed by atoms with Crippen LogP contribution < -0.4 is 5.32 Å². The second-order valence-corrected chi connectivity index (χ2v) is 5.22. The normalized spacial score (nSPS) is 16.2. The van der Waals surface area contributed by atoms with Gasteiger partial charge in [-0.25, -0.2) is 0 Å². The highest BCUT2D eigenvalue weighted by Crippen LogP contribution is 2.15. The van der Waals surface area contributed by atoms with Gasteiger partial charge in [0.05, 0.1) is 6.61 Å². The van der Waals surface area contributed by atoms with Crippen molar-refractivity contribution in [1.29, 1.82) is 0 Å². The Morgan fingerprint density at radius 2 is 1.95 bits per heavy atom. The maximum absolute atomic E-state index is 12.1. The van der Waals surface area contributed by atoms with E-state index in [9.17, 15) is 4.79 Å². The molecule has 0 aliphatic carbocycles. The SMILES string of the molecule is CCNC(C)(CCN(CC)C(C)CC)C(=O)OCC. The second kappa shape index (κ2) is 9.32. The summed E-state index contributed by atoms with van der Waals surface area (Å²) < 4.78 is 5.19. The summed E-state index contributed by atoms with van der Waals surface area (Å²) in [4.78, 5) is 14.5. The van der Waals surface area contributed by atoms with E-state index >= 15 is 0 Å². The lowest BCUT2D eigenvalue weighted by Gasteiger charge is -2.33. The highest BCUT2D eigenvalue weighted by Gasteiger charge is 2.34. The molecule has 19 heavy (non-hydrogen) atoms. The highest BCUT2D eigenvalue weighted by molar-refractivity contribution is 5.80. The van der Waals surface area contributed by atoms with E-state index in [1.54, 1.807) is 0 Å². The summed E-state index contributed by atoms with van der Waals surface area (Å²) >= 11 is 0. The number of rotatable bonds is 10. The number of carbonyl (C=O) groups excluding carboxylic acids is 1. The molecular formula is C15H32N2O2. The highest BCUT2D eigenvalue weighted by atomic mass is 16.5. The molecule has 1 N–H and O–H groups in total. The van der Waals surface area contributed by atoms with Crippen LogP contribution in [-0.4, -0.2) is 48.7 Å². The van der Waals surface area contributed by atoms with Crippen molar-refractivity contribution in [1.82, 2.24) is 10.2 Å². The van der Waals surface area contributed by atoms with Gasteiger partial charge in [0, 0.05) is 12.6 Å². The van der Waals surface area contributed by atoms with E-state index in [-0.39, 0.29) is 5.97 Å². The Morgan fingerprint density at radius 3 is 2.37 bits per heavy atom. The number of hydrogen-bond acceptors (Lipinski definition) is 4. The standard InChI is InChI=1S/C15H32N2O2/c1-7-13(5)17(9-3)12-11-15(6,16-8-2)14(18)19-10-4/h13,16H,7-12H2,1-6H3. The average Bonchev–Trinajstić information content (AvgIpc) is 2.39. The first kappa shape index (κ1) is 18.4. The topological polar surface area (TPSA) is 41.6 Å². The van der Waals surface area contributed by atoms with Gasteiger partial charge in [0.2, 0.25) is 0 Å². The van der Waals surface area contributed by atoms with Crippen LogP contribution in [0.4, 0.5) is 0 Å². The number of carbonyl (C=O) groups is 1. The first-order valence-electron chi connectivity index (χ1n) is 7.61. The van der Waals surface area contributed by atoms with Crippen molar-refractivity contribution in [3.63, 3.8) is 0 Å². The minimum absolute atomic E-state index is 0.142. The van der Waals surface area contributed by atoms with Crippen LogP contribution in [0, 0.1) is 0 Å². The van der Waals surface area contributed by atoms with Crippen LogP contribution in [-0.2, 0) is 9.53 Å². The van der Waals surface area contributed by atoms with Gasteiger partial charge >= 0.3 is 5.97 Å². The maximum Gasteiger partial charge on any atom is 0.326 e. The van der Waals surface area contributed by atoms with Crippen LogP contribution in [0.25, 0.3) is 0 Å². The molecule has 0 aromatic heterocycles. The molecule has 0 aliphatic rings. The van der Waals surface area contributed by atoms with Crippen molar-refractivity contribution in [3.05, 3.63) is 0 Å². The molecule has 0 heterocycles. The molecule has 4 heteroatoms. The van der Waals surface area contributed by atoms with Crippen molar-refractivity contribution in [2.45, 2.75) is 66.0 Å². The van der Waals surface area contributed by atoms with E-state index in [1.807, 2.05) is 20.8 Å². The smallest absolute Gasteiger partial charge is 0.326 e. The van der Waals surface area contributed by atoms with Gasteiger partial charge in [0.1, 0.15) is 5.54 Å². The zero-order chi connectivity index (χ0) is 14.9. The number of nitrogens with one attached hydrogen (secondary N) is 1. The minimum Gasteiger partial charge on any atom is -0.465 e. The molecule has 0 aromatic carbocycles. The monoisotopic (exact) mass is 272 g/mol. The Kier molecular flexibility index (Phi) is 9.02. The second-order valence-electron chi connectivity index (χ2n) is 5.22. The van der Waals surface area contributed by atoms with Gasteiger partial charge in [-0.3, -0.25) is 4.79 Å². The van der Waals surface area contributed by atoms with Crippen LogP contribution in [0.2, 0.25) is 0 Å². The van der Waals surface area contributed by atoms with E-state index in [1.165, 1.54) is 0 Å². The first-order valence-corrected chi connectivity index (χ1v) is 7.61. The van der Waals surface area contributed by atoms with Gasteiger partial charge in [0.25, 0.3) is 0 Å². The van der Waals surface area contributed by atoms with Gasteiger partial charge in [0.15, 0.2) is 0 Å². The third-order valence-corrected chi connectivity index (χ3v) is 3.81. The van der Waals surface area contributed by atoms with E-state index < -0.39 is 5.54 Å². The molecule has 0 rings (SSSR count). The summed E-state index contributed by atoms with van der Waals surface area (Å²) in [7, 11) is 0. The number of nitrogens with zero attached hydrogens (tertiary/aromatic N) is 1. The number of hydrogen-bond donors (Lipinski definition) is 1. The number of esters is 1. The summed E-state index contributed by atoms with van der Waals surface area (Å²) in [6, 6.07) is 0.554. The third-order valence-electron chi connectivity index (χ3n) is 3.81. The van der Waals surface area contributed by atoms with Crippen molar-refractivity contribution < 1.29 is 9.53 Å². The molecule has 0 bridgehead atoms. The zero-order valence-corrected chi connectivity index (χ0v) is 13.6. The summed E-state index contributed by atoms with van der Waals surface area (Å²) in [5.74, 6) is -0.142. The van der Waals surface area contributed by atoms with Crippen LogP contribution >= 0.6 is 0 Å². The fourth-order valence-corrected chi connectivity index (χ4v) is 2.26. The van der Waals surface area contributed by atoms with Gasteiger partial charge in [-0.15, -0.1) is 0 Å². The van der Waals surface area contributed by atoms with Crippen LogP contribution in [0.3, 0.4) is 0 Å². The van der Waals surface area contributed by atoms with Crippen LogP contribution in [0.1, 0.15) is 54.4 Å². The van der Waals surface area contributed by atoms with Crippen molar-refractivity contribution >= 4 is 5.97 Å². The van der Waals surface area contributed by atoms with Gasteiger partial charge in [-0.05, 0) is 46.7 Å². The maximum atomic E-state index is 12.1. The molecular weight excluding hydrogens is 240 g/mol. The van der Waals surface area contributed by atoms with E-state index in [4.69, 9.17) is 4.74 Å². The molecule has 0 aromatic rings. The van der Waals surface area contributed by atoms with Crippen molar-refractivity contribution in [2.75, 3.05) is 26.2 Å². The molecule has 2 atom stereocenters. The molecule has 114 valence electrons. The largest absolute Gasteiger partial charge is 0.465 e. The van der Waals surface area contributed by atoms with Crippen LogP contribution in [0.5, 0.6) is 0 Å². The summed E-state index contributed by atoms with van der Waals surface area (Å²) in [6.45, 7) is 15.5. The zero-order valence-electron chi connectivity index (χ0n) is 13.6. The quantitative estimate of drug-likeness (QED) is 0.620. The minimum atomic E-state index is -0.578. The fraction of sp³-hybridized carbons (Fsp3) is 0.933. The summed E-state index contributed by atoms with van der Waals surface area (Å²) in [6.07, 6.45) is 1.91. The van der Waals surface area contributed by atoms with Gasteiger partial charge < -0.3 is 15.0 Å². The summed E-state index contributed by atoms with van der Waals surface area (Å²) in [5.41, 5.74) is -0.578. The molecule has 0 saturated carbocycles. The predicted octanol–water partition coefficient (Wildman–Crippen LogP) is 2.43. The Bertz CT molecular complexity index is 259. The predicted molar refractivity (Wildman–Crippen MR) is 80.3 cm³/mol. The summed E-state index contributed by atoms with van der Waals surface area (Å²) in [5, 5.41) is 3.28. The van der Waals surface area contributed by atoms with Crippen molar-refractivity contribution in [2.24, 2.45) is 0 Å². The number of ether oxygens (including phenoxy) is 1. The Balaban J connectivity index is 4.60. The molecule has 2 unspecified atom stereocenters. The Hall–Kier alpha value is -0.610. The molecule has 0 spiro atoms. The average molecular weight is 272 g/mol. The molecule has 0 radical (unpaired) electrons.